The Balaban J connectivity index is 1.64. The van der Waals surface area contributed by atoms with E-state index in [0.29, 0.717) is 24.2 Å². The first-order valence-electron chi connectivity index (χ1n) is 8.51. The monoisotopic (exact) mass is 360 g/mol. The van der Waals surface area contributed by atoms with E-state index >= 15 is 0 Å². The van der Waals surface area contributed by atoms with Crippen LogP contribution in [0.5, 0.6) is 0 Å². The van der Waals surface area contributed by atoms with Crippen LogP contribution in [0.3, 0.4) is 0 Å². The summed E-state index contributed by atoms with van der Waals surface area (Å²) < 4.78 is 13.7. The lowest BCUT2D eigenvalue weighted by Gasteiger charge is -2.38. The van der Waals surface area contributed by atoms with Gasteiger partial charge in [-0.15, -0.1) is 0 Å². The Labute approximate surface area is 153 Å². The van der Waals surface area contributed by atoms with E-state index in [-0.39, 0.29) is 17.8 Å². The molecule has 0 aromatic heterocycles. The summed E-state index contributed by atoms with van der Waals surface area (Å²) in [6, 6.07) is 12.7. The Morgan fingerprint density at radius 2 is 1.80 bits per heavy atom. The average molecular weight is 361 g/mol. The van der Waals surface area contributed by atoms with Crippen molar-refractivity contribution < 1.29 is 9.18 Å². The minimum Gasteiger partial charge on any atom is -0.336 e. The fourth-order valence-corrected chi connectivity index (χ4v) is 3.53. The Morgan fingerprint density at radius 3 is 2.44 bits per heavy atom. The molecule has 0 aliphatic carbocycles. The van der Waals surface area contributed by atoms with E-state index in [1.807, 2.05) is 24.3 Å². The lowest BCUT2D eigenvalue weighted by molar-refractivity contribution is 0.0581. The minimum absolute atomic E-state index is 0.107. The number of hydrogen-bond acceptors (Lipinski definition) is 2. The lowest BCUT2D eigenvalue weighted by Crippen LogP contribution is -2.49. The summed E-state index contributed by atoms with van der Waals surface area (Å²) in [6.07, 6.45) is 0. The van der Waals surface area contributed by atoms with Crippen molar-refractivity contribution in [3.8, 4) is 0 Å². The largest absolute Gasteiger partial charge is 0.336 e. The van der Waals surface area contributed by atoms with Crippen LogP contribution < -0.4 is 0 Å². The number of amides is 1. The van der Waals surface area contributed by atoms with E-state index in [0.717, 1.165) is 23.7 Å². The van der Waals surface area contributed by atoms with E-state index < -0.39 is 0 Å². The predicted octanol–water partition coefficient (Wildman–Crippen LogP) is 4.31. The molecule has 2 aromatic carbocycles. The molecule has 25 heavy (non-hydrogen) atoms. The highest BCUT2D eigenvalue weighted by atomic mass is 35.5. The molecule has 0 bridgehead atoms. The molecule has 132 valence electrons. The third-order valence-electron chi connectivity index (χ3n) is 4.92. The Kier molecular flexibility index (Phi) is 5.40. The number of halogens is 2. The summed E-state index contributed by atoms with van der Waals surface area (Å²) in [4.78, 5) is 16.7. The van der Waals surface area contributed by atoms with Crippen molar-refractivity contribution in [2.24, 2.45) is 0 Å². The van der Waals surface area contributed by atoms with Gasteiger partial charge in [-0.1, -0.05) is 35.9 Å². The van der Waals surface area contributed by atoms with Gasteiger partial charge < -0.3 is 4.90 Å². The number of aryl methyl sites for hydroxylation is 1. The number of carbonyl (C=O) groups is 1. The maximum atomic E-state index is 13.7. The van der Waals surface area contributed by atoms with Gasteiger partial charge >= 0.3 is 0 Å². The van der Waals surface area contributed by atoms with Crippen molar-refractivity contribution in [1.82, 2.24) is 9.80 Å². The van der Waals surface area contributed by atoms with Crippen molar-refractivity contribution in [1.29, 1.82) is 0 Å². The average Bonchev–Trinajstić information content (AvgIpc) is 2.63. The molecule has 0 saturated carbocycles. The van der Waals surface area contributed by atoms with Crippen molar-refractivity contribution in [3.05, 3.63) is 70.0 Å². The van der Waals surface area contributed by atoms with Crippen molar-refractivity contribution in [2.45, 2.75) is 19.9 Å². The van der Waals surface area contributed by atoms with Crippen molar-refractivity contribution in [3.63, 3.8) is 0 Å². The molecule has 0 N–H and O–H groups in total. The molecule has 2 aromatic rings. The summed E-state index contributed by atoms with van der Waals surface area (Å²) in [5.74, 6) is -0.444. The molecule has 1 saturated heterocycles. The first-order valence-corrected chi connectivity index (χ1v) is 8.89. The van der Waals surface area contributed by atoms with Gasteiger partial charge in [-0.25, -0.2) is 4.39 Å². The number of benzene rings is 2. The van der Waals surface area contributed by atoms with E-state index in [1.165, 1.54) is 6.07 Å². The Morgan fingerprint density at radius 1 is 1.12 bits per heavy atom. The molecule has 5 heteroatoms. The zero-order chi connectivity index (χ0) is 18.0. The van der Waals surface area contributed by atoms with Gasteiger partial charge in [-0.05, 0) is 43.2 Å². The molecular weight excluding hydrogens is 339 g/mol. The standard InChI is InChI=1S/C20H22ClFN2O/c1-14-7-8-16(13-19(14)22)20(25)24-11-9-23(10-12-24)15(2)17-5-3-4-6-18(17)21/h3-8,13,15H,9-12H2,1-2H3. The third kappa shape index (κ3) is 3.86. The molecule has 1 aliphatic heterocycles. The lowest BCUT2D eigenvalue weighted by atomic mass is 10.1. The third-order valence-corrected chi connectivity index (χ3v) is 5.27. The van der Waals surface area contributed by atoms with Crippen LogP contribution in [0, 0.1) is 12.7 Å². The molecule has 1 unspecified atom stereocenters. The second-order valence-electron chi connectivity index (χ2n) is 6.49. The molecule has 1 heterocycles. The second-order valence-corrected chi connectivity index (χ2v) is 6.90. The van der Waals surface area contributed by atoms with Crippen LogP contribution in [0.15, 0.2) is 42.5 Å². The molecular formula is C20H22ClFN2O. The van der Waals surface area contributed by atoms with E-state index in [4.69, 9.17) is 11.6 Å². The van der Waals surface area contributed by atoms with Crippen LogP contribution in [-0.2, 0) is 0 Å². The number of piperazine rings is 1. The van der Waals surface area contributed by atoms with E-state index in [2.05, 4.69) is 11.8 Å². The predicted molar refractivity (Wildman–Crippen MR) is 98.5 cm³/mol. The Hall–Kier alpha value is -1.91. The number of hydrogen-bond donors (Lipinski definition) is 0. The molecule has 0 spiro atoms. The topological polar surface area (TPSA) is 23.6 Å². The summed E-state index contributed by atoms with van der Waals surface area (Å²) in [5, 5.41) is 0.767. The fourth-order valence-electron chi connectivity index (χ4n) is 3.23. The summed E-state index contributed by atoms with van der Waals surface area (Å²) in [5.41, 5.74) is 2.06. The van der Waals surface area contributed by atoms with Crippen molar-refractivity contribution >= 4 is 17.5 Å². The van der Waals surface area contributed by atoms with Gasteiger partial charge in [-0.2, -0.15) is 0 Å². The van der Waals surface area contributed by atoms with Gasteiger partial charge in [0.15, 0.2) is 0 Å². The highest BCUT2D eigenvalue weighted by Crippen LogP contribution is 2.28. The normalized spacial score (nSPS) is 16.7. The van der Waals surface area contributed by atoms with E-state index in [1.54, 1.807) is 24.0 Å². The highest BCUT2D eigenvalue weighted by Gasteiger charge is 2.26. The zero-order valence-electron chi connectivity index (χ0n) is 14.5. The minimum atomic E-state index is -0.336. The smallest absolute Gasteiger partial charge is 0.254 e. The molecule has 3 nitrogen and oxygen atoms in total. The van der Waals surface area contributed by atoms with Crippen LogP contribution >= 0.6 is 11.6 Å². The molecule has 1 aliphatic rings. The highest BCUT2D eigenvalue weighted by molar-refractivity contribution is 6.31. The van der Waals surface area contributed by atoms with Gasteiger partial charge in [0.25, 0.3) is 5.91 Å². The van der Waals surface area contributed by atoms with Crippen LogP contribution in [-0.4, -0.2) is 41.9 Å². The van der Waals surface area contributed by atoms with Crippen LogP contribution in [0.25, 0.3) is 0 Å². The first-order chi connectivity index (χ1) is 12.0. The first kappa shape index (κ1) is 17.9. The molecule has 1 amide bonds. The number of carbonyl (C=O) groups excluding carboxylic acids is 1. The van der Waals surface area contributed by atoms with Gasteiger partial charge in [0, 0.05) is 42.8 Å². The van der Waals surface area contributed by atoms with Gasteiger partial charge in [0.1, 0.15) is 5.82 Å². The quantitative estimate of drug-likeness (QED) is 0.814. The van der Waals surface area contributed by atoms with Crippen LogP contribution in [0.4, 0.5) is 4.39 Å². The molecule has 3 rings (SSSR count). The van der Waals surface area contributed by atoms with E-state index in [9.17, 15) is 9.18 Å². The summed E-state index contributed by atoms with van der Waals surface area (Å²) in [6.45, 7) is 6.62. The zero-order valence-corrected chi connectivity index (χ0v) is 15.3. The summed E-state index contributed by atoms with van der Waals surface area (Å²) >= 11 is 6.30. The van der Waals surface area contributed by atoms with Crippen molar-refractivity contribution in [2.75, 3.05) is 26.2 Å². The van der Waals surface area contributed by atoms with Crippen LogP contribution in [0.2, 0.25) is 5.02 Å². The second kappa shape index (κ2) is 7.54. The maximum absolute atomic E-state index is 13.7. The molecule has 1 atom stereocenters. The summed E-state index contributed by atoms with van der Waals surface area (Å²) in [7, 11) is 0. The maximum Gasteiger partial charge on any atom is 0.254 e. The molecule has 1 fully saturated rings. The SMILES string of the molecule is Cc1ccc(C(=O)N2CCN(C(C)c3ccccc3Cl)CC2)cc1F. The number of nitrogens with zero attached hydrogens (tertiary/aromatic N) is 2. The molecule has 0 radical (unpaired) electrons. The van der Waals surface area contributed by atoms with Gasteiger partial charge in [-0.3, -0.25) is 9.69 Å². The van der Waals surface area contributed by atoms with Gasteiger partial charge in [0.05, 0.1) is 0 Å². The fraction of sp³-hybridized carbons (Fsp3) is 0.350. The Bertz CT molecular complexity index is 772. The van der Waals surface area contributed by atoms with Crippen LogP contribution in [0.1, 0.15) is 34.5 Å². The van der Waals surface area contributed by atoms with Gasteiger partial charge in [0.2, 0.25) is 0 Å². The number of rotatable bonds is 3.